The fourth-order valence-electron chi connectivity index (χ4n) is 9.36. The number of carbonyl (C=O) groups excluding carboxylic acids is 3. The third-order valence-corrected chi connectivity index (χ3v) is 14.2. The second kappa shape index (κ2) is 62.6. The topological polar surface area (TPSA) is 78.9 Å². The van der Waals surface area contributed by atoms with Crippen LogP contribution in [-0.2, 0) is 28.6 Å². The molecule has 0 saturated carbocycles. The van der Waals surface area contributed by atoms with Crippen molar-refractivity contribution in [3.8, 4) is 0 Å². The molecule has 0 N–H and O–H groups in total. The molecule has 0 aliphatic rings. The summed E-state index contributed by atoms with van der Waals surface area (Å²) in [5.41, 5.74) is 0. The van der Waals surface area contributed by atoms with Crippen LogP contribution < -0.4 is 0 Å². The van der Waals surface area contributed by atoms with Crippen molar-refractivity contribution in [2.45, 2.75) is 341 Å². The Kier molecular flexibility index (Phi) is 60.2. The van der Waals surface area contributed by atoms with Crippen molar-refractivity contribution in [3.05, 3.63) is 60.8 Å². The molecule has 0 fully saturated rings. The van der Waals surface area contributed by atoms with E-state index in [1.54, 1.807) is 0 Å². The molecule has 430 valence electrons. The first-order valence-corrected chi connectivity index (χ1v) is 32.3. The number of ether oxygens (including phenoxy) is 3. The molecule has 0 spiro atoms. The van der Waals surface area contributed by atoms with Crippen LogP contribution in [0.2, 0.25) is 0 Å². The highest BCUT2D eigenvalue weighted by molar-refractivity contribution is 5.71. The Hall–Kier alpha value is -2.89. The molecule has 0 heterocycles. The normalized spacial score (nSPS) is 12.4. The number of esters is 3. The summed E-state index contributed by atoms with van der Waals surface area (Å²) in [4.78, 5) is 38.2. The third-order valence-electron chi connectivity index (χ3n) is 14.2. The van der Waals surface area contributed by atoms with E-state index in [0.29, 0.717) is 19.3 Å². The standard InChI is InChI=1S/C68H122O6/c1-4-7-10-13-16-19-22-25-27-28-29-30-31-32-33-34-35-36-37-38-39-40-42-43-46-49-52-55-58-61-67(70)73-64-65(63-72-66(69)60-57-54-51-48-45-24-21-18-15-12-9-6-3)74-68(71)62-59-56-53-50-47-44-41-26-23-20-17-14-11-8-5-2/h17,20,22,25-26,28-29,31-32,41,65H,4-16,18-19,21,23-24,27,30,33-40,42-64H2,1-3H3/b20-17-,25-22-,29-28-,32-31-,41-26-. The Morgan fingerprint density at radius 3 is 0.784 bits per heavy atom. The predicted molar refractivity (Wildman–Crippen MR) is 321 cm³/mol. The lowest BCUT2D eigenvalue weighted by Gasteiger charge is -2.18. The third kappa shape index (κ3) is 60.0. The van der Waals surface area contributed by atoms with Crippen LogP contribution in [0.4, 0.5) is 0 Å². The number of allylic oxidation sites excluding steroid dienone is 10. The zero-order chi connectivity index (χ0) is 53.6. The molecule has 0 bridgehead atoms. The van der Waals surface area contributed by atoms with E-state index >= 15 is 0 Å². The van der Waals surface area contributed by atoms with E-state index in [4.69, 9.17) is 14.2 Å². The van der Waals surface area contributed by atoms with E-state index in [9.17, 15) is 14.4 Å². The smallest absolute Gasteiger partial charge is 0.306 e. The maximum absolute atomic E-state index is 12.9. The van der Waals surface area contributed by atoms with E-state index in [-0.39, 0.29) is 31.1 Å². The van der Waals surface area contributed by atoms with Gasteiger partial charge in [0.2, 0.25) is 0 Å². The first kappa shape index (κ1) is 71.1. The quantitative estimate of drug-likeness (QED) is 0.0261. The van der Waals surface area contributed by atoms with Crippen LogP contribution in [0.3, 0.4) is 0 Å². The molecule has 0 amide bonds. The minimum atomic E-state index is -0.779. The molecule has 0 aromatic rings. The molecule has 74 heavy (non-hydrogen) atoms. The second-order valence-electron chi connectivity index (χ2n) is 21.7. The lowest BCUT2D eigenvalue weighted by molar-refractivity contribution is -0.167. The zero-order valence-corrected chi connectivity index (χ0v) is 49.4. The Morgan fingerprint density at radius 2 is 0.486 bits per heavy atom. The summed E-state index contributed by atoms with van der Waals surface area (Å²) in [6.45, 7) is 6.62. The molecule has 0 aliphatic heterocycles. The summed E-state index contributed by atoms with van der Waals surface area (Å²) < 4.78 is 16.9. The number of unbranched alkanes of at least 4 members (excludes halogenated alkanes) is 38. The van der Waals surface area contributed by atoms with Gasteiger partial charge in [0.1, 0.15) is 13.2 Å². The second-order valence-corrected chi connectivity index (χ2v) is 21.7. The van der Waals surface area contributed by atoms with Crippen LogP contribution in [0.15, 0.2) is 60.8 Å². The molecule has 1 unspecified atom stereocenters. The van der Waals surface area contributed by atoms with Crippen LogP contribution >= 0.6 is 0 Å². The number of hydrogen-bond donors (Lipinski definition) is 0. The van der Waals surface area contributed by atoms with E-state index in [2.05, 4.69) is 81.5 Å². The molecule has 6 nitrogen and oxygen atoms in total. The first-order valence-electron chi connectivity index (χ1n) is 32.3. The number of rotatable bonds is 59. The van der Waals surface area contributed by atoms with Crippen molar-refractivity contribution in [2.24, 2.45) is 0 Å². The van der Waals surface area contributed by atoms with E-state index in [1.165, 1.54) is 199 Å². The van der Waals surface area contributed by atoms with Gasteiger partial charge < -0.3 is 14.2 Å². The van der Waals surface area contributed by atoms with Crippen molar-refractivity contribution < 1.29 is 28.6 Å². The Bertz CT molecular complexity index is 1330. The van der Waals surface area contributed by atoms with E-state index in [0.717, 1.165) is 96.3 Å². The van der Waals surface area contributed by atoms with Crippen LogP contribution in [0.25, 0.3) is 0 Å². The van der Waals surface area contributed by atoms with Gasteiger partial charge in [-0.15, -0.1) is 0 Å². The molecular weight excluding hydrogens is 913 g/mol. The van der Waals surface area contributed by atoms with Gasteiger partial charge in [-0.05, 0) is 89.9 Å². The SMILES string of the molecule is CCCCC/C=C\C/C=C\CCCCCCCC(=O)OC(COC(=O)CCCCCCCCCCCCCC)COC(=O)CCCCCCCCCCCCCCCC/C=C\C/C=C\C/C=C\CCCCCCC. The molecule has 6 heteroatoms. The molecule has 0 aliphatic carbocycles. The largest absolute Gasteiger partial charge is 0.462 e. The fraction of sp³-hybridized carbons (Fsp3) is 0.809. The van der Waals surface area contributed by atoms with Gasteiger partial charge >= 0.3 is 17.9 Å². The van der Waals surface area contributed by atoms with Crippen molar-refractivity contribution >= 4 is 17.9 Å². The predicted octanol–water partition coefficient (Wildman–Crippen LogP) is 21.9. The van der Waals surface area contributed by atoms with Crippen LogP contribution in [0.5, 0.6) is 0 Å². The summed E-state index contributed by atoms with van der Waals surface area (Å²) in [7, 11) is 0. The highest BCUT2D eigenvalue weighted by atomic mass is 16.6. The van der Waals surface area contributed by atoms with E-state index < -0.39 is 6.10 Å². The van der Waals surface area contributed by atoms with Crippen molar-refractivity contribution in [1.29, 1.82) is 0 Å². The highest BCUT2D eigenvalue weighted by Crippen LogP contribution is 2.17. The molecule has 1 atom stereocenters. The van der Waals surface area contributed by atoms with Gasteiger partial charge in [0.15, 0.2) is 6.10 Å². The average Bonchev–Trinajstić information content (AvgIpc) is 3.40. The van der Waals surface area contributed by atoms with Crippen molar-refractivity contribution in [1.82, 2.24) is 0 Å². The highest BCUT2D eigenvalue weighted by Gasteiger charge is 2.19. The Balaban J connectivity index is 4.19. The van der Waals surface area contributed by atoms with E-state index in [1.807, 2.05) is 0 Å². The molecule has 0 aromatic carbocycles. The van der Waals surface area contributed by atoms with Crippen molar-refractivity contribution in [2.75, 3.05) is 13.2 Å². The number of hydrogen-bond acceptors (Lipinski definition) is 6. The summed E-state index contributed by atoms with van der Waals surface area (Å²) in [5.74, 6) is -0.875. The lowest BCUT2D eigenvalue weighted by Crippen LogP contribution is -2.30. The number of carbonyl (C=O) groups is 3. The lowest BCUT2D eigenvalue weighted by atomic mass is 10.0. The van der Waals surface area contributed by atoms with Gasteiger partial charge in [0.05, 0.1) is 0 Å². The maximum atomic E-state index is 12.9. The fourth-order valence-corrected chi connectivity index (χ4v) is 9.36. The summed E-state index contributed by atoms with van der Waals surface area (Å²) in [6.07, 6.45) is 79.5. The van der Waals surface area contributed by atoms with Crippen LogP contribution in [0.1, 0.15) is 335 Å². The molecule has 0 radical (unpaired) electrons. The van der Waals surface area contributed by atoms with Gasteiger partial charge in [-0.25, -0.2) is 0 Å². The van der Waals surface area contributed by atoms with Gasteiger partial charge in [0.25, 0.3) is 0 Å². The summed E-state index contributed by atoms with van der Waals surface area (Å²) in [6, 6.07) is 0. The maximum Gasteiger partial charge on any atom is 0.306 e. The molecule has 0 saturated heterocycles. The minimum absolute atomic E-state index is 0.0763. The average molecular weight is 1040 g/mol. The molecule has 0 aromatic heterocycles. The van der Waals surface area contributed by atoms with Gasteiger partial charge in [-0.2, -0.15) is 0 Å². The minimum Gasteiger partial charge on any atom is -0.462 e. The zero-order valence-electron chi connectivity index (χ0n) is 49.4. The summed E-state index contributed by atoms with van der Waals surface area (Å²) >= 11 is 0. The molecule has 0 rings (SSSR count). The summed E-state index contributed by atoms with van der Waals surface area (Å²) in [5, 5.41) is 0. The Morgan fingerprint density at radius 1 is 0.270 bits per heavy atom. The first-order chi connectivity index (χ1) is 36.5. The van der Waals surface area contributed by atoms with Gasteiger partial charge in [-0.1, -0.05) is 287 Å². The van der Waals surface area contributed by atoms with Gasteiger partial charge in [0, 0.05) is 19.3 Å². The van der Waals surface area contributed by atoms with Crippen LogP contribution in [0, 0.1) is 0 Å². The van der Waals surface area contributed by atoms with Crippen LogP contribution in [-0.4, -0.2) is 37.2 Å². The van der Waals surface area contributed by atoms with Crippen molar-refractivity contribution in [3.63, 3.8) is 0 Å². The molecular formula is C68H122O6. The van der Waals surface area contributed by atoms with Gasteiger partial charge in [-0.3, -0.25) is 14.4 Å². The Labute approximate surface area is 460 Å². The monoisotopic (exact) mass is 1030 g/mol.